The Hall–Kier alpha value is -2.33. The summed E-state index contributed by atoms with van der Waals surface area (Å²) in [7, 11) is -3.66. The van der Waals surface area contributed by atoms with E-state index in [-0.39, 0.29) is 17.8 Å². The molecule has 9 nitrogen and oxygen atoms in total. The Morgan fingerprint density at radius 1 is 1.33 bits per heavy atom. The summed E-state index contributed by atoms with van der Waals surface area (Å²) >= 11 is 0. The molecule has 2 N–H and O–H groups in total. The maximum Gasteiger partial charge on any atom is 0.273 e. The SMILES string of the molecule is O=[N+]([O-])c1ccccc1CS(=O)(=O)NCCc1ncn[nH]1. The number of hydrogen-bond acceptors (Lipinski definition) is 6. The highest BCUT2D eigenvalue weighted by molar-refractivity contribution is 7.88. The number of rotatable bonds is 7. The van der Waals surface area contributed by atoms with Crippen molar-refractivity contribution in [1.82, 2.24) is 19.9 Å². The van der Waals surface area contributed by atoms with Gasteiger partial charge in [-0.15, -0.1) is 0 Å². The number of H-pyrrole nitrogens is 1. The molecule has 1 aromatic carbocycles. The van der Waals surface area contributed by atoms with Crippen molar-refractivity contribution < 1.29 is 13.3 Å². The Labute approximate surface area is 120 Å². The Kier molecular flexibility index (Phi) is 4.60. The standard InChI is InChI=1S/C11H13N5O4S/c17-16(18)10-4-2-1-3-9(10)7-21(19,20)14-6-5-11-12-8-13-15-11/h1-4,8,14H,5-7H2,(H,12,13,15). The number of aromatic amines is 1. The maximum atomic E-state index is 11.9. The molecule has 0 aliphatic carbocycles. The van der Waals surface area contributed by atoms with Gasteiger partial charge >= 0.3 is 0 Å². The number of benzene rings is 1. The van der Waals surface area contributed by atoms with Crippen LogP contribution in [0, 0.1) is 10.1 Å². The molecule has 21 heavy (non-hydrogen) atoms. The third kappa shape index (κ3) is 4.33. The first-order valence-corrected chi connectivity index (χ1v) is 7.67. The van der Waals surface area contributed by atoms with Crippen LogP contribution in [0.15, 0.2) is 30.6 Å². The van der Waals surface area contributed by atoms with Gasteiger partial charge in [-0.05, 0) is 0 Å². The van der Waals surface area contributed by atoms with E-state index >= 15 is 0 Å². The lowest BCUT2D eigenvalue weighted by Gasteiger charge is -2.06. The minimum Gasteiger partial charge on any atom is -0.263 e. The van der Waals surface area contributed by atoms with Crippen molar-refractivity contribution in [3.8, 4) is 0 Å². The summed E-state index contributed by atoms with van der Waals surface area (Å²) in [5.74, 6) is 0.115. The van der Waals surface area contributed by atoms with Crippen molar-refractivity contribution in [2.45, 2.75) is 12.2 Å². The molecule has 112 valence electrons. The van der Waals surface area contributed by atoms with E-state index in [0.717, 1.165) is 0 Å². The van der Waals surface area contributed by atoms with E-state index in [1.165, 1.54) is 24.5 Å². The summed E-state index contributed by atoms with van der Waals surface area (Å²) < 4.78 is 26.2. The topological polar surface area (TPSA) is 131 Å². The molecule has 0 unspecified atom stereocenters. The summed E-state index contributed by atoms with van der Waals surface area (Å²) in [4.78, 5) is 14.1. The van der Waals surface area contributed by atoms with E-state index in [1.807, 2.05) is 0 Å². The lowest BCUT2D eigenvalue weighted by atomic mass is 10.2. The summed E-state index contributed by atoms with van der Waals surface area (Å²) in [5.41, 5.74) is -0.0622. The van der Waals surface area contributed by atoms with Gasteiger partial charge in [-0.2, -0.15) is 5.10 Å². The Morgan fingerprint density at radius 3 is 2.76 bits per heavy atom. The molecule has 2 rings (SSSR count). The average molecular weight is 311 g/mol. The first-order chi connectivity index (χ1) is 9.98. The molecule has 2 aromatic rings. The molecule has 0 radical (unpaired) electrons. The molecule has 0 saturated heterocycles. The minimum atomic E-state index is -3.66. The van der Waals surface area contributed by atoms with Crippen LogP contribution < -0.4 is 4.72 Å². The zero-order valence-electron chi connectivity index (χ0n) is 10.9. The molecular weight excluding hydrogens is 298 g/mol. The molecule has 1 heterocycles. The lowest BCUT2D eigenvalue weighted by molar-refractivity contribution is -0.385. The molecule has 0 aliphatic heterocycles. The van der Waals surface area contributed by atoms with Crippen molar-refractivity contribution in [1.29, 1.82) is 0 Å². The molecule has 1 aromatic heterocycles. The molecular formula is C11H13N5O4S. The summed E-state index contributed by atoms with van der Waals surface area (Å²) in [6.07, 6.45) is 1.69. The van der Waals surface area contributed by atoms with Crippen LogP contribution in [-0.2, 0) is 22.2 Å². The highest BCUT2D eigenvalue weighted by atomic mass is 32.2. The van der Waals surface area contributed by atoms with Crippen molar-refractivity contribution in [3.05, 3.63) is 52.1 Å². The van der Waals surface area contributed by atoms with Gasteiger partial charge in [-0.3, -0.25) is 15.2 Å². The van der Waals surface area contributed by atoms with Gasteiger partial charge in [0.05, 0.1) is 10.7 Å². The Balaban J connectivity index is 1.99. The van der Waals surface area contributed by atoms with Crippen molar-refractivity contribution >= 4 is 15.7 Å². The van der Waals surface area contributed by atoms with Gasteiger partial charge in [-0.25, -0.2) is 18.1 Å². The van der Waals surface area contributed by atoms with Gasteiger partial charge in [0, 0.05) is 24.6 Å². The molecule has 0 bridgehead atoms. The van der Waals surface area contributed by atoms with Crippen LogP contribution in [0.5, 0.6) is 0 Å². The van der Waals surface area contributed by atoms with Gasteiger partial charge in [0.25, 0.3) is 5.69 Å². The second kappa shape index (κ2) is 6.41. The average Bonchev–Trinajstić information content (AvgIpc) is 2.91. The number of hydrogen-bond donors (Lipinski definition) is 2. The van der Waals surface area contributed by atoms with Crippen molar-refractivity contribution in [2.75, 3.05) is 6.54 Å². The van der Waals surface area contributed by atoms with Crippen LogP contribution >= 0.6 is 0 Å². The Bertz CT molecular complexity index is 714. The molecule has 0 aliphatic rings. The lowest BCUT2D eigenvalue weighted by Crippen LogP contribution is -2.27. The predicted octanol–water partition coefficient (Wildman–Crippen LogP) is 0.375. The fourth-order valence-corrected chi connectivity index (χ4v) is 2.91. The van der Waals surface area contributed by atoms with Crippen LogP contribution in [0.2, 0.25) is 0 Å². The minimum absolute atomic E-state index is 0.137. The summed E-state index contributed by atoms with van der Waals surface area (Å²) in [5, 5.41) is 17.1. The first-order valence-electron chi connectivity index (χ1n) is 6.02. The molecule has 10 heteroatoms. The normalized spacial score (nSPS) is 11.4. The molecule has 0 fully saturated rings. The summed E-state index contributed by atoms with van der Waals surface area (Å²) in [6, 6.07) is 5.76. The first kappa shape index (κ1) is 15.1. The van der Waals surface area contributed by atoms with Crippen molar-refractivity contribution in [3.63, 3.8) is 0 Å². The van der Waals surface area contributed by atoms with Gasteiger partial charge in [0.15, 0.2) is 0 Å². The highest BCUT2D eigenvalue weighted by Crippen LogP contribution is 2.19. The van der Waals surface area contributed by atoms with Crippen molar-refractivity contribution in [2.24, 2.45) is 0 Å². The molecule has 0 saturated carbocycles. The molecule has 0 amide bonds. The van der Waals surface area contributed by atoms with E-state index < -0.39 is 20.7 Å². The van der Waals surface area contributed by atoms with Gasteiger partial charge in [0.2, 0.25) is 10.0 Å². The van der Waals surface area contributed by atoms with Gasteiger partial charge in [0.1, 0.15) is 12.2 Å². The van der Waals surface area contributed by atoms with Gasteiger partial charge < -0.3 is 0 Å². The smallest absolute Gasteiger partial charge is 0.263 e. The number of nitro benzene ring substituents is 1. The zero-order valence-corrected chi connectivity index (χ0v) is 11.7. The van der Waals surface area contributed by atoms with E-state index in [9.17, 15) is 18.5 Å². The highest BCUT2D eigenvalue weighted by Gasteiger charge is 2.19. The van der Waals surface area contributed by atoms with Crippen LogP contribution in [-0.4, -0.2) is 35.1 Å². The van der Waals surface area contributed by atoms with Gasteiger partial charge in [-0.1, -0.05) is 18.2 Å². The number of nitro groups is 1. The Morgan fingerprint density at radius 2 is 2.10 bits per heavy atom. The fourth-order valence-electron chi connectivity index (χ4n) is 1.74. The quantitative estimate of drug-likeness (QED) is 0.561. The fraction of sp³-hybridized carbons (Fsp3) is 0.273. The third-order valence-corrected chi connectivity index (χ3v) is 4.02. The van der Waals surface area contributed by atoms with E-state index in [1.54, 1.807) is 6.07 Å². The van der Waals surface area contributed by atoms with Crippen LogP contribution in [0.25, 0.3) is 0 Å². The molecule has 0 spiro atoms. The summed E-state index contributed by atoms with van der Waals surface area (Å²) in [6.45, 7) is 0.137. The molecule has 0 atom stereocenters. The number of para-hydroxylation sites is 1. The zero-order chi connectivity index (χ0) is 15.3. The second-order valence-corrected chi connectivity index (χ2v) is 6.03. The van der Waals surface area contributed by atoms with Crippen LogP contribution in [0.1, 0.15) is 11.4 Å². The van der Waals surface area contributed by atoms with Crippen LogP contribution in [0.4, 0.5) is 5.69 Å². The maximum absolute atomic E-state index is 11.9. The monoisotopic (exact) mass is 311 g/mol. The van der Waals surface area contributed by atoms with E-state index in [4.69, 9.17) is 0 Å². The van der Waals surface area contributed by atoms with Crippen LogP contribution in [0.3, 0.4) is 0 Å². The number of nitrogens with one attached hydrogen (secondary N) is 2. The number of sulfonamides is 1. The third-order valence-electron chi connectivity index (χ3n) is 2.68. The number of nitrogens with zero attached hydrogens (tertiary/aromatic N) is 3. The largest absolute Gasteiger partial charge is 0.273 e. The van der Waals surface area contributed by atoms with E-state index in [0.29, 0.717) is 12.2 Å². The van der Waals surface area contributed by atoms with E-state index in [2.05, 4.69) is 19.9 Å². The second-order valence-electron chi connectivity index (χ2n) is 4.22. The predicted molar refractivity (Wildman–Crippen MR) is 73.8 cm³/mol. The number of aromatic nitrogens is 3.